The number of nitrogens with one attached hydrogen (secondary N) is 1. The Morgan fingerprint density at radius 2 is 2.35 bits per heavy atom. The molecule has 1 amide bonds. The summed E-state index contributed by atoms with van der Waals surface area (Å²) < 4.78 is 1.14. The maximum atomic E-state index is 11.6. The van der Waals surface area contributed by atoms with Crippen LogP contribution in [-0.2, 0) is 4.79 Å². The first-order valence-corrected chi connectivity index (χ1v) is 8.99. The van der Waals surface area contributed by atoms with Gasteiger partial charge in [-0.15, -0.1) is 11.3 Å². The largest absolute Gasteiger partial charge is 0.368 e. The number of hydrogen-bond donors (Lipinski definition) is 2. The molecule has 1 heterocycles. The van der Waals surface area contributed by atoms with Crippen LogP contribution in [-0.4, -0.2) is 28.2 Å². The van der Waals surface area contributed by atoms with Gasteiger partial charge in [-0.05, 0) is 39.5 Å². The lowest BCUT2D eigenvalue weighted by molar-refractivity contribution is -0.124. The van der Waals surface area contributed by atoms with Crippen LogP contribution >= 0.6 is 23.1 Å². The third-order valence-electron chi connectivity index (χ3n) is 3.54. The fourth-order valence-corrected chi connectivity index (χ4v) is 4.00. The number of carbonyl (C=O) groups is 1. The zero-order valence-corrected chi connectivity index (χ0v) is 13.8. The van der Waals surface area contributed by atoms with Gasteiger partial charge in [-0.1, -0.05) is 18.2 Å². The van der Waals surface area contributed by atoms with E-state index in [4.69, 9.17) is 5.73 Å². The van der Waals surface area contributed by atoms with E-state index in [-0.39, 0.29) is 5.91 Å². The molecule has 6 heteroatoms. The number of carbonyl (C=O) groups excluding carboxylic acids is 1. The Bertz CT molecular complexity index is 459. The molecule has 112 valence electrons. The third-order valence-corrected chi connectivity index (χ3v) is 5.76. The van der Waals surface area contributed by atoms with Gasteiger partial charge in [0.1, 0.15) is 4.34 Å². The number of nitrogens with zero attached hydrogens (tertiary/aromatic N) is 1. The predicted octanol–water partition coefficient (Wildman–Crippen LogP) is 2.71. The minimum Gasteiger partial charge on any atom is -0.368 e. The van der Waals surface area contributed by atoms with Gasteiger partial charge in [-0.25, -0.2) is 4.98 Å². The Morgan fingerprint density at radius 3 is 2.90 bits per heavy atom. The average molecular weight is 313 g/mol. The van der Waals surface area contributed by atoms with Crippen molar-refractivity contribution < 1.29 is 4.79 Å². The first kappa shape index (κ1) is 15.8. The topological polar surface area (TPSA) is 68.0 Å². The summed E-state index contributed by atoms with van der Waals surface area (Å²) in [6.07, 6.45) is 5.25. The molecule has 0 aromatic carbocycles. The molecule has 1 saturated carbocycles. The van der Waals surface area contributed by atoms with Crippen LogP contribution in [0.4, 0.5) is 0 Å². The van der Waals surface area contributed by atoms with Gasteiger partial charge in [-0.3, -0.25) is 4.79 Å². The summed E-state index contributed by atoms with van der Waals surface area (Å²) in [6, 6.07) is 0.500. The van der Waals surface area contributed by atoms with Crippen molar-refractivity contribution in [2.24, 2.45) is 5.73 Å². The van der Waals surface area contributed by atoms with Gasteiger partial charge in [0.25, 0.3) is 0 Å². The van der Waals surface area contributed by atoms with Crippen LogP contribution in [0.25, 0.3) is 0 Å². The summed E-state index contributed by atoms with van der Waals surface area (Å²) in [5.41, 5.74) is 6.09. The molecule has 0 aliphatic heterocycles. The number of unbranched alkanes of at least 4 members (excludes halogenated alkanes) is 1. The molecule has 4 nitrogen and oxygen atoms in total. The summed E-state index contributed by atoms with van der Waals surface area (Å²) in [6.45, 7) is 3.95. The summed E-state index contributed by atoms with van der Waals surface area (Å²) >= 11 is 3.50. The van der Waals surface area contributed by atoms with Crippen molar-refractivity contribution in [2.45, 2.75) is 61.9 Å². The van der Waals surface area contributed by atoms with E-state index in [1.54, 1.807) is 23.1 Å². The minimum atomic E-state index is -0.538. The Balaban J connectivity index is 1.66. The van der Waals surface area contributed by atoms with Crippen molar-refractivity contribution in [1.29, 1.82) is 0 Å². The second-order valence-corrected chi connectivity index (χ2v) is 7.88. The monoisotopic (exact) mass is 313 g/mol. The SMILES string of the molecule is Cc1csc(SCCCCC(C)(NC2CC2)C(N)=O)n1. The molecule has 3 N–H and O–H groups in total. The molecule has 1 aliphatic rings. The van der Waals surface area contributed by atoms with Crippen LogP contribution in [0.2, 0.25) is 0 Å². The second kappa shape index (κ2) is 6.91. The Hall–Kier alpha value is -0.590. The Morgan fingerprint density at radius 1 is 1.60 bits per heavy atom. The lowest BCUT2D eigenvalue weighted by Crippen LogP contribution is -2.53. The normalized spacial score (nSPS) is 17.9. The fourth-order valence-electron chi connectivity index (χ4n) is 2.08. The van der Waals surface area contributed by atoms with Gasteiger partial charge in [0.2, 0.25) is 5.91 Å². The van der Waals surface area contributed by atoms with Gasteiger partial charge in [0.15, 0.2) is 0 Å². The summed E-state index contributed by atoms with van der Waals surface area (Å²) in [4.78, 5) is 16.0. The van der Waals surface area contributed by atoms with Crippen LogP contribution < -0.4 is 11.1 Å². The van der Waals surface area contributed by atoms with Gasteiger partial charge < -0.3 is 11.1 Å². The summed E-state index contributed by atoms with van der Waals surface area (Å²) in [5.74, 6) is 0.818. The predicted molar refractivity (Wildman–Crippen MR) is 85.2 cm³/mol. The van der Waals surface area contributed by atoms with Gasteiger partial charge in [0.05, 0.1) is 5.54 Å². The van der Waals surface area contributed by atoms with Crippen LogP contribution in [0.3, 0.4) is 0 Å². The number of amides is 1. The molecule has 2 rings (SSSR count). The van der Waals surface area contributed by atoms with E-state index < -0.39 is 5.54 Å². The summed E-state index contributed by atoms with van der Waals surface area (Å²) in [5, 5.41) is 5.46. The molecule has 0 bridgehead atoms. The molecule has 0 saturated heterocycles. The molecule has 1 aromatic rings. The highest BCUT2D eigenvalue weighted by Crippen LogP contribution is 2.27. The number of thiazole rings is 1. The van der Waals surface area contributed by atoms with Crippen LogP contribution in [0.15, 0.2) is 9.72 Å². The van der Waals surface area contributed by atoms with E-state index in [0.717, 1.165) is 35.0 Å². The highest BCUT2D eigenvalue weighted by atomic mass is 32.2. The number of primary amides is 1. The number of thioether (sulfide) groups is 1. The van der Waals surface area contributed by atoms with Crippen LogP contribution in [0, 0.1) is 6.92 Å². The van der Waals surface area contributed by atoms with Crippen LogP contribution in [0.5, 0.6) is 0 Å². The maximum absolute atomic E-state index is 11.6. The van der Waals surface area contributed by atoms with E-state index in [0.29, 0.717) is 6.04 Å². The van der Waals surface area contributed by atoms with Crippen molar-refractivity contribution in [2.75, 3.05) is 5.75 Å². The molecule has 0 spiro atoms. The lowest BCUT2D eigenvalue weighted by Gasteiger charge is -2.27. The van der Waals surface area contributed by atoms with Gasteiger partial charge >= 0.3 is 0 Å². The summed E-state index contributed by atoms with van der Waals surface area (Å²) in [7, 11) is 0. The molecule has 0 radical (unpaired) electrons. The van der Waals surface area contributed by atoms with Crippen molar-refractivity contribution in [1.82, 2.24) is 10.3 Å². The number of aryl methyl sites for hydroxylation is 1. The van der Waals surface area contributed by atoms with Gasteiger partial charge in [-0.2, -0.15) is 0 Å². The van der Waals surface area contributed by atoms with Gasteiger partial charge in [0, 0.05) is 22.9 Å². The zero-order valence-electron chi connectivity index (χ0n) is 12.1. The molecule has 1 unspecified atom stereocenters. The molecule has 1 aliphatic carbocycles. The molecule has 1 fully saturated rings. The minimum absolute atomic E-state index is 0.229. The van der Waals surface area contributed by atoms with Crippen LogP contribution in [0.1, 0.15) is 44.7 Å². The van der Waals surface area contributed by atoms with E-state index in [1.807, 2.05) is 13.8 Å². The van der Waals surface area contributed by atoms with E-state index in [9.17, 15) is 4.79 Å². The number of rotatable bonds is 9. The second-order valence-electron chi connectivity index (χ2n) is 5.68. The van der Waals surface area contributed by atoms with Crippen molar-refractivity contribution >= 4 is 29.0 Å². The smallest absolute Gasteiger partial charge is 0.237 e. The first-order chi connectivity index (χ1) is 9.49. The zero-order chi connectivity index (χ0) is 14.6. The van der Waals surface area contributed by atoms with Crippen molar-refractivity contribution in [3.8, 4) is 0 Å². The molecule has 1 aromatic heterocycles. The van der Waals surface area contributed by atoms with Crippen molar-refractivity contribution in [3.05, 3.63) is 11.1 Å². The standard InChI is InChI=1S/C14H23N3OS2/c1-10-9-20-13(16-10)19-8-4-3-7-14(2,12(15)18)17-11-5-6-11/h9,11,17H,3-8H2,1-2H3,(H2,15,18). The lowest BCUT2D eigenvalue weighted by atomic mass is 9.94. The highest BCUT2D eigenvalue weighted by Gasteiger charge is 2.36. The number of aromatic nitrogens is 1. The molecular formula is C14H23N3OS2. The average Bonchev–Trinajstić information content (AvgIpc) is 3.09. The first-order valence-electron chi connectivity index (χ1n) is 7.12. The van der Waals surface area contributed by atoms with Crippen molar-refractivity contribution in [3.63, 3.8) is 0 Å². The maximum Gasteiger partial charge on any atom is 0.237 e. The quantitative estimate of drug-likeness (QED) is 0.543. The Labute approximate surface area is 128 Å². The number of hydrogen-bond acceptors (Lipinski definition) is 5. The molecule has 1 atom stereocenters. The van der Waals surface area contributed by atoms with E-state index >= 15 is 0 Å². The molecular weight excluding hydrogens is 290 g/mol. The van der Waals surface area contributed by atoms with E-state index in [2.05, 4.69) is 15.7 Å². The fraction of sp³-hybridized carbons (Fsp3) is 0.714. The highest BCUT2D eigenvalue weighted by molar-refractivity contribution is 8.00. The molecule has 20 heavy (non-hydrogen) atoms. The van der Waals surface area contributed by atoms with E-state index in [1.165, 1.54) is 12.8 Å². The third kappa shape index (κ3) is 4.75. The Kier molecular flexibility index (Phi) is 5.46. The number of nitrogens with two attached hydrogens (primary N) is 1.